The lowest BCUT2D eigenvalue weighted by atomic mass is 9.74. The van der Waals surface area contributed by atoms with Crippen molar-refractivity contribution in [2.45, 2.75) is 78.3 Å². The van der Waals surface area contributed by atoms with Gasteiger partial charge in [-0.15, -0.1) is 0 Å². The third kappa shape index (κ3) is 3.43. The van der Waals surface area contributed by atoms with E-state index in [-0.39, 0.29) is 16.5 Å². The lowest BCUT2D eigenvalue weighted by Gasteiger charge is -2.30. The molecule has 1 aromatic rings. The van der Waals surface area contributed by atoms with Crippen LogP contribution in [0.25, 0.3) is 0 Å². The summed E-state index contributed by atoms with van der Waals surface area (Å²) in [7, 11) is -3.11. The third-order valence-electron chi connectivity index (χ3n) is 4.43. The third-order valence-corrected chi connectivity index (χ3v) is 6.90. The Labute approximate surface area is 142 Å². The summed E-state index contributed by atoms with van der Waals surface area (Å²) in [6.45, 7) is 17.6. The Kier molecular flexibility index (Phi) is 4.90. The summed E-state index contributed by atoms with van der Waals surface area (Å²) in [5, 5.41) is 0. The van der Waals surface area contributed by atoms with E-state index in [1.165, 1.54) is 11.1 Å². The Bertz CT molecular complexity index is 584. The molecule has 1 unspecified atom stereocenters. The summed E-state index contributed by atoms with van der Waals surface area (Å²) < 4.78 is 11.4. The van der Waals surface area contributed by atoms with E-state index in [0.29, 0.717) is 6.61 Å². The van der Waals surface area contributed by atoms with Gasteiger partial charge in [0.1, 0.15) is 0 Å². The van der Waals surface area contributed by atoms with Gasteiger partial charge in [0.25, 0.3) is 7.94 Å². The van der Waals surface area contributed by atoms with Crippen LogP contribution in [0.15, 0.2) is 12.1 Å². The largest absolute Gasteiger partial charge is 0.624 e. The summed E-state index contributed by atoms with van der Waals surface area (Å²) in [4.78, 5) is 13.1. The smallest absolute Gasteiger partial charge is 0.292 e. The molecule has 0 amide bonds. The van der Waals surface area contributed by atoms with Gasteiger partial charge in [0.15, 0.2) is 11.4 Å². The molecule has 130 valence electrons. The highest BCUT2D eigenvalue weighted by Crippen LogP contribution is 2.72. The van der Waals surface area contributed by atoms with Crippen LogP contribution >= 0.6 is 7.94 Å². The zero-order valence-electron chi connectivity index (χ0n) is 15.8. The van der Waals surface area contributed by atoms with Gasteiger partial charge in [0.05, 0.1) is 6.61 Å². The predicted molar refractivity (Wildman–Crippen MR) is 96.0 cm³/mol. The van der Waals surface area contributed by atoms with Gasteiger partial charge in [-0.1, -0.05) is 48.5 Å². The van der Waals surface area contributed by atoms with Crippen LogP contribution in [0, 0.1) is 0 Å². The molecule has 0 N–H and O–H groups in total. The van der Waals surface area contributed by atoms with Crippen LogP contribution in [0.1, 0.15) is 84.2 Å². The minimum absolute atomic E-state index is 0.000900. The SMILES string of the molecule is CCO[P+]1([O-])Oc2cc(C(C)(C)C)c(C(C)(C)C)cc2[C@@H]1CC. The molecule has 0 saturated carbocycles. The fraction of sp³-hybridized carbons (Fsp3) is 0.684. The predicted octanol–water partition coefficient (Wildman–Crippen LogP) is 5.28. The summed E-state index contributed by atoms with van der Waals surface area (Å²) in [6, 6.07) is 4.31. The van der Waals surface area contributed by atoms with Gasteiger partial charge in [0, 0.05) is 5.56 Å². The molecule has 0 aliphatic carbocycles. The van der Waals surface area contributed by atoms with Crippen LogP contribution in [0.2, 0.25) is 0 Å². The maximum Gasteiger partial charge on any atom is 0.292 e. The second-order valence-electron chi connectivity index (χ2n) is 8.41. The molecule has 23 heavy (non-hydrogen) atoms. The van der Waals surface area contributed by atoms with Crippen LogP contribution < -0.4 is 9.42 Å². The molecular formula is C19H31O3P. The summed E-state index contributed by atoms with van der Waals surface area (Å²) in [5.74, 6) is 0.742. The van der Waals surface area contributed by atoms with E-state index in [9.17, 15) is 4.89 Å². The first-order chi connectivity index (χ1) is 10.4. The van der Waals surface area contributed by atoms with Crippen molar-refractivity contribution in [1.82, 2.24) is 0 Å². The minimum Gasteiger partial charge on any atom is -0.624 e. The van der Waals surface area contributed by atoms with Crippen molar-refractivity contribution in [3.05, 3.63) is 28.8 Å². The first-order valence-electron chi connectivity index (χ1n) is 8.56. The second kappa shape index (κ2) is 6.02. The normalized spacial score (nSPS) is 24.5. The maximum atomic E-state index is 13.1. The van der Waals surface area contributed by atoms with Gasteiger partial charge < -0.3 is 9.42 Å². The van der Waals surface area contributed by atoms with Crippen LogP contribution in [0.4, 0.5) is 0 Å². The highest BCUT2D eigenvalue weighted by molar-refractivity contribution is 7.60. The first-order valence-corrected chi connectivity index (χ1v) is 10.2. The molecule has 1 heterocycles. The van der Waals surface area contributed by atoms with Crippen LogP contribution in [-0.4, -0.2) is 6.61 Å². The van der Waals surface area contributed by atoms with Crippen molar-refractivity contribution in [3.8, 4) is 5.75 Å². The zero-order valence-corrected chi connectivity index (χ0v) is 16.7. The minimum atomic E-state index is -3.11. The van der Waals surface area contributed by atoms with E-state index in [4.69, 9.17) is 9.05 Å². The number of rotatable bonds is 3. The van der Waals surface area contributed by atoms with Gasteiger partial charge in [-0.3, -0.25) is 0 Å². The zero-order chi connectivity index (χ0) is 17.6. The number of benzene rings is 1. The number of hydrogen-bond donors (Lipinski definition) is 0. The molecule has 3 nitrogen and oxygen atoms in total. The van der Waals surface area contributed by atoms with Crippen molar-refractivity contribution in [2.75, 3.05) is 6.61 Å². The number of hydrogen-bond acceptors (Lipinski definition) is 3. The average molecular weight is 338 g/mol. The average Bonchev–Trinajstić information content (AvgIpc) is 2.65. The van der Waals surface area contributed by atoms with Gasteiger partial charge in [-0.2, -0.15) is 0 Å². The van der Waals surface area contributed by atoms with Crippen LogP contribution in [-0.2, 0) is 15.4 Å². The van der Waals surface area contributed by atoms with E-state index >= 15 is 0 Å². The first kappa shape index (κ1) is 18.7. The molecule has 0 saturated heterocycles. The molecule has 0 radical (unpaired) electrons. The van der Waals surface area contributed by atoms with Gasteiger partial charge in [-0.25, -0.2) is 4.52 Å². The monoisotopic (exact) mass is 338 g/mol. The van der Waals surface area contributed by atoms with Gasteiger partial charge in [-0.05, 0) is 47.4 Å². The summed E-state index contributed by atoms with van der Waals surface area (Å²) in [6.07, 6.45) is 0.753. The molecule has 2 atom stereocenters. The highest BCUT2D eigenvalue weighted by Gasteiger charge is 2.50. The summed E-state index contributed by atoms with van der Waals surface area (Å²) >= 11 is 0. The second-order valence-corrected chi connectivity index (χ2v) is 10.6. The Hall–Kier alpha value is -0.630. The molecule has 0 spiro atoms. The van der Waals surface area contributed by atoms with E-state index in [1.807, 2.05) is 13.8 Å². The molecular weight excluding hydrogens is 307 g/mol. The van der Waals surface area contributed by atoms with Crippen molar-refractivity contribution in [2.24, 2.45) is 0 Å². The Morgan fingerprint density at radius 1 is 1.04 bits per heavy atom. The molecule has 4 heteroatoms. The van der Waals surface area contributed by atoms with E-state index < -0.39 is 7.94 Å². The molecule has 0 fully saturated rings. The molecule has 0 bridgehead atoms. The topological polar surface area (TPSA) is 41.5 Å². The number of fused-ring (bicyclic) bond motifs is 1. The molecule has 1 aliphatic heterocycles. The summed E-state index contributed by atoms with van der Waals surface area (Å²) in [5.41, 5.74) is 3.46. The Morgan fingerprint density at radius 2 is 1.57 bits per heavy atom. The maximum absolute atomic E-state index is 13.1. The lowest BCUT2D eigenvalue weighted by molar-refractivity contribution is -0.211. The van der Waals surface area contributed by atoms with E-state index in [2.05, 4.69) is 53.7 Å². The molecule has 2 rings (SSSR count). The van der Waals surface area contributed by atoms with Gasteiger partial charge >= 0.3 is 0 Å². The quantitative estimate of drug-likeness (QED) is 0.704. The van der Waals surface area contributed by atoms with E-state index in [1.54, 1.807) is 0 Å². The van der Waals surface area contributed by atoms with E-state index in [0.717, 1.165) is 17.7 Å². The van der Waals surface area contributed by atoms with Crippen molar-refractivity contribution in [3.63, 3.8) is 0 Å². The fourth-order valence-electron chi connectivity index (χ4n) is 3.29. The Balaban J connectivity index is 2.65. The van der Waals surface area contributed by atoms with Crippen molar-refractivity contribution in [1.29, 1.82) is 0 Å². The van der Waals surface area contributed by atoms with Crippen LogP contribution in [0.3, 0.4) is 0 Å². The fourth-order valence-corrected chi connectivity index (χ4v) is 5.43. The van der Waals surface area contributed by atoms with Crippen molar-refractivity contribution >= 4 is 7.94 Å². The molecule has 0 aromatic heterocycles. The Morgan fingerprint density at radius 3 is 2.00 bits per heavy atom. The van der Waals surface area contributed by atoms with Gasteiger partial charge in [0.2, 0.25) is 0 Å². The van der Waals surface area contributed by atoms with Crippen LogP contribution in [0.5, 0.6) is 5.75 Å². The highest BCUT2D eigenvalue weighted by atomic mass is 31.2. The molecule has 1 aromatic carbocycles. The van der Waals surface area contributed by atoms with Crippen molar-refractivity contribution < 1.29 is 13.9 Å². The molecule has 1 aliphatic rings. The standard InChI is InChI=1S/C19H31O3P/c1-9-17-13-11-14(18(3,4)5)15(19(6,7)8)12-16(13)22-23(17,20)21-10-2/h11-12,17H,9-10H2,1-8H3/t17-,23?/m0/s1. The lowest BCUT2D eigenvalue weighted by Crippen LogP contribution is -2.22.